The normalized spacial score (nSPS) is 12.8. The van der Waals surface area contributed by atoms with Crippen LogP contribution in [0.1, 0.15) is 39.7 Å². The van der Waals surface area contributed by atoms with E-state index < -0.39 is 0 Å². The van der Waals surface area contributed by atoms with E-state index in [2.05, 4.69) is 56.2 Å². The largest absolute Gasteiger partial charge is 0.475 e. The molecule has 0 amide bonds. The SMILES string of the molecule is CCC(C)Oc1cc(CNC(C)C)c2ccccc2n1. The molecule has 2 aromatic rings. The Morgan fingerprint density at radius 1 is 1.20 bits per heavy atom. The molecule has 1 atom stereocenters. The quantitative estimate of drug-likeness (QED) is 0.865. The summed E-state index contributed by atoms with van der Waals surface area (Å²) in [7, 11) is 0. The van der Waals surface area contributed by atoms with Gasteiger partial charge in [0.05, 0.1) is 11.6 Å². The van der Waals surface area contributed by atoms with Gasteiger partial charge in [-0.1, -0.05) is 39.0 Å². The zero-order valence-electron chi connectivity index (χ0n) is 12.8. The maximum Gasteiger partial charge on any atom is 0.214 e. The van der Waals surface area contributed by atoms with Crippen LogP contribution in [0.2, 0.25) is 0 Å². The number of ether oxygens (including phenoxy) is 1. The third kappa shape index (κ3) is 3.70. The molecule has 2 rings (SSSR count). The molecule has 3 nitrogen and oxygen atoms in total. The number of benzene rings is 1. The van der Waals surface area contributed by atoms with Crippen molar-refractivity contribution in [1.82, 2.24) is 10.3 Å². The Balaban J connectivity index is 2.35. The van der Waals surface area contributed by atoms with Gasteiger partial charge in [0.15, 0.2) is 0 Å². The Morgan fingerprint density at radius 3 is 2.65 bits per heavy atom. The zero-order chi connectivity index (χ0) is 14.5. The van der Waals surface area contributed by atoms with Crippen molar-refractivity contribution >= 4 is 10.9 Å². The number of aromatic nitrogens is 1. The lowest BCUT2D eigenvalue weighted by Crippen LogP contribution is -2.22. The van der Waals surface area contributed by atoms with Gasteiger partial charge in [0.1, 0.15) is 0 Å². The minimum Gasteiger partial charge on any atom is -0.475 e. The molecule has 0 aliphatic carbocycles. The summed E-state index contributed by atoms with van der Waals surface area (Å²) in [5.74, 6) is 0.721. The average molecular weight is 272 g/mol. The van der Waals surface area contributed by atoms with Crippen LogP contribution in [0.15, 0.2) is 30.3 Å². The Morgan fingerprint density at radius 2 is 1.95 bits per heavy atom. The fourth-order valence-electron chi connectivity index (χ4n) is 2.03. The highest BCUT2D eigenvalue weighted by Gasteiger charge is 2.09. The summed E-state index contributed by atoms with van der Waals surface area (Å²) >= 11 is 0. The second-order valence-electron chi connectivity index (χ2n) is 5.51. The highest BCUT2D eigenvalue weighted by atomic mass is 16.5. The molecule has 0 aliphatic heterocycles. The van der Waals surface area contributed by atoms with E-state index in [1.807, 2.05) is 12.1 Å². The molecular weight excluding hydrogens is 248 g/mol. The summed E-state index contributed by atoms with van der Waals surface area (Å²) in [5.41, 5.74) is 2.23. The van der Waals surface area contributed by atoms with Crippen molar-refractivity contribution in [3.05, 3.63) is 35.9 Å². The minimum atomic E-state index is 0.189. The van der Waals surface area contributed by atoms with Crippen molar-refractivity contribution in [3.63, 3.8) is 0 Å². The fourth-order valence-corrected chi connectivity index (χ4v) is 2.03. The van der Waals surface area contributed by atoms with Crippen molar-refractivity contribution in [1.29, 1.82) is 0 Å². The van der Waals surface area contributed by atoms with Crippen LogP contribution >= 0.6 is 0 Å². The van der Waals surface area contributed by atoms with Gasteiger partial charge < -0.3 is 10.1 Å². The zero-order valence-corrected chi connectivity index (χ0v) is 12.8. The van der Waals surface area contributed by atoms with Crippen LogP contribution in [-0.2, 0) is 6.54 Å². The highest BCUT2D eigenvalue weighted by molar-refractivity contribution is 5.82. The summed E-state index contributed by atoms with van der Waals surface area (Å²) < 4.78 is 5.88. The van der Waals surface area contributed by atoms with Gasteiger partial charge in [-0.2, -0.15) is 0 Å². The second-order valence-corrected chi connectivity index (χ2v) is 5.51. The number of rotatable bonds is 6. The van der Waals surface area contributed by atoms with Gasteiger partial charge in [0, 0.05) is 24.0 Å². The second kappa shape index (κ2) is 6.71. The van der Waals surface area contributed by atoms with Crippen molar-refractivity contribution < 1.29 is 4.74 Å². The lowest BCUT2D eigenvalue weighted by molar-refractivity contribution is 0.209. The van der Waals surface area contributed by atoms with Gasteiger partial charge in [-0.25, -0.2) is 4.98 Å². The molecule has 108 valence electrons. The number of hydrogen-bond donors (Lipinski definition) is 1. The van der Waals surface area contributed by atoms with Gasteiger partial charge in [-0.15, -0.1) is 0 Å². The Labute approximate surface area is 121 Å². The van der Waals surface area contributed by atoms with E-state index in [-0.39, 0.29) is 6.10 Å². The highest BCUT2D eigenvalue weighted by Crippen LogP contribution is 2.23. The molecule has 0 radical (unpaired) electrons. The number of pyridine rings is 1. The molecule has 1 N–H and O–H groups in total. The summed E-state index contributed by atoms with van der Waals surface area (Å²) in [6.07, 6.45) is 1.17. The van der Waals surface area contributed by atoms with Crippen LogP contribution in [0.25, 0.3) is 10.9 Å². The maximum atomic E-state index is 5.88. The number of fused-ring (bicyclic) bond motifs is 1. The maximum absolute atomic E-state index is 5.88. The van der Waals surface area contributed by atoms with Crippen LogP contribution in [0.5, 0.6) is 5.88 Å². The van der Waals surface area contributed by atoms with Gasteiger partial charge in [-0.3, -0.25) is 0 Å². The van der Waals surface area contributed by atoms with Crippen LogP contribution in [-0.4, -0.2) is 17.1 Å². The smallest absolute Gasteiger partial charge is 0.214 e. The number of nitrogens with one attached hydrogen (secondary N) is 1. The van der Waals surface area contributed by atoms with Crippen LogP contribution in [0.4, 0.5) is 0 Å². The standard InChI is InChI=1S/C17H24N2O/c1-5-13(4)20-17-10-14(11-18-12(2)3)15-8-6-7-9-16(15)19-17/h6-10,12-13,18H,5,11H2,1-4H3. The van der Waals surface area contributed by atoms with Crippen molar-refractivity contribution in [2.24, 2.45) is 0 Å². The topological polar surface area (TPSA) is 34.1 Å². The summed E-state index contributed by atoms with van der Waals surface area (Å²) in [6.45, 7) is 9.33. The van der Waals surface area contributed by atoms with E-state index in [1.165, 1.54) is 10.9 Å². The summed E-state index contributed by atoms with van der Waals surface area (Å²) in [6, 6.07) is 10.7. The fraction of sp³-hybridized carbons (Fsp3) is 0.471. The van der Waals surface area contributed by atoms with E-state index in [9.17, 15) is 0 Å². The molecule has 0 saturated carbocycles. The van der Waals surface area contributed by atoms with Gasteiger partial charge in [-0.05, 0) is 25.0 Å². The first-order valence-corrected chi connectivity index (χ1v) is 7.38. The molecule has 1 aromatic heterocycles. The Kier molecular flexibility index (Phi) is 4.96. The molecule has 1 unspecified atom stereocenters. The van der Waals surface area contributed by atoms with Gasteiger partial charge >= 0.3 is 0 Å². The molecule has 0 aliphatic rings. The van der Waals surface area contributed by atoms with Gasteiger partial charge in [0.2, 0.25) is 5.88 Å². The van der Waals surface area contributed by atoms with Crippen molar-refractivity contribution in [3.8, 4) is 5.88 Å². The monoisotopic (exact) mass is 272 g/mol. The molecule has 0 fully saturated rings. The number of nitrogens with zero attached hydrogens (tertiary/aromatic N) is 1. The molecule has 3 heteroatoms. The molecule has 0 bridgehead atoms. The van der Waals surface area contributed by atoms with E-state index in [4.69, 9.17) is 4.74 Å². The lowest BCUT2D eigenvalue weighted by Gasteiger charge is -2.15. The lowest BCUT2D eigenvalue weighted by atomic mass is 10.1. The van der Waals surface area contributed by atoms with Crippen molar-refractivity contribution in [2.45, 2.75) is 52.8 Å². The third-order valence-electron chi connectivity index (χ3n) is 3.38. The molecule has 20 heavy (non-hydrogen) atoms. The van der Waals surface area contributed by atoms with E-state index >= 15 is 0 Å². The summed E-state index contributed by atoms with van der Waals surface area (Å²) in [5, 5.41) is 4.66. The molecule has 0 spiro atoms. The molecule has 1 aromatic carbocycles. The predicted octanol–water partition coefficient (Wildman–Crippen LogP) is 3.91. The molecule has 1 heterocycles. The van der Waals surface area contributed by atoms with E-state index in [1.54, 1.807) is 0 Å². The van der Waals surface area contributed by atoms with Gasteiger partial charge in [0.25, 0.3) is 0 Å². The first-order valence-electron chi connectivity index (χ1n) is 7.38. The first-order chi connectivity index (χ1) is 9.60. The third-order valence-corrected chi connectivity index (χ3v) is 3.38. The molecule has 0 saturated heterocycles. The van der Waals surface area contributed by atoms with Crippen LogP contribution in [0.3, 0.4) is 0 Å². The number of hydrogen-bond acceptors (Lipinski definition) is 3. The minimum absolute atomic E-state index is 0.189. The molecular formula is C17H24N2O. The van der Waals surface area contributed by atoms with E-state index in [0.29, 0.717) is 6.04 Å². The van der Waals surface area contributed by atoms with E-state index in [0.717, 1.165) is 24.4 Å². The summed E-state index contributed by atoms with van der Waals surface area (Å²) in [4.78, 5) is 4.60. The number of para-hydroxylation sites is 1. The Hall–Kier alpha value is -1.61. The van der Waals surface area contributed by atoms with Crippen LogP contribution in [0, 0.1) is 0 Å². The predicted molar refractivity (Wildman–Crippen MR) is 84.1 cm³/mol. The average Bonchev–Trinajstić information content (AvgIpc) is 2.44. The Bertz CT molecular complexity index is 566. The van der Waals surface area contributed by atoms with Crippen molar-refractivity contribution in [2.75, 3.05) is 0 Å². The van der Waals surface area contributed by atoms with Crippen LogP contribution < -0.4 is 10.1 Å². The first kappa shape index (κ1) is 14.8.